The van der Waals surface area contributed by atoms with Gasteiger partial charge in [-0.05, 0) is 45.7 Å². The largest absolute Gasteiger partial charge is 0.480 e. The van der Waals surface area contributed by atoms with Crippen LogP contribution in [-0.2, 0) is 9.53 Å². The zero-order valence-corrected chi connectivity index (χ0v) is 11.1. The second-order valence-corrected chi connectivity index (χ2v) is 5.52. The zero-order valence-electron chi connectivity index (χ0n) is 11.1. The lowest BCUT2D eigenvalue weighted by Crippen LogP contribution is -2.41. The fourth-order valence-electron chi connectivity index (χ4n) is 2.39. The SMILES string of the molecule is CN(CCC(NC1CC1)C(=O)O)CC1CCCO1. The third-order valence-corrected chi connectivity index (χ3v) is 3.65. The minimum Gasteiger partial charge on any atom is -0.480 e. The minimum atomic E-state index is -0.729. The number of nitrogens with zero attached hydrogens (tertiary/aromatic N) is 1. The second-order valence-electron chi connectivity index (χ2n) is 5.52. The molecule has 2 fully saturated rings. The monoisotopic (exact) mass is 256 g/mol. The first-order valence-corrected chi connectivity index (χ1v) is 6.94. The fraction of sp³-hybridized carbons (Fsp3) is 0.923. The van der Waals surface area contributed by atoms with E-state index in [0.29, 0.717) is 18.6 Å². The number of hydrogen-bond acceptors (Lipinski definition) is 4. The van der Waals surface area contributed by atoms with E-state index in [1.54, 1.807) is 0 Å². The molecule has 104 valence electrons. The average molecular weight is 256 g/mol. The van der Waals surface area contributed by atoms with Gasteiger partial charge in [-0.2, -0.15) is 0 Å². The normalized spacial score (nSPS) is 25.6. The van der Waals surface area contributed by atoms with Crippen molar-refractivity contribution in [2.45, 2.75) is 50.3 Å². The van der Waals surface area contributed by atoms with Gasteiger partial charge < -0.3 is 20.1 Å². The third-order valence-electron chi connectivity index (χ3n) is 3.65. The van der Waals surface area contributed by atoms with Crippen molar-refractivity contribution < 1.29 is 14.6 Å². The highest BCUT2D eigenvalue weighted by Crippen LogP contribution is 2.20. The van der Waals surface area contributed by atoms with E-state index in [9.17, 15) is 4.79 Å². The van der Waals surface area contributed by atoms with Crippen molar-refractivity contribution in [1.82, 2.24) is 10.2 Å². The fourth-order valence-corrected chi connectivity index (χ4v) is 2.39. The molecule has 2 unspecified atom stereocenters. The van der Waals surface area contributed by atoms with Gasteiger partial charge in [0.05, 0.1) is 6.10 Å². The molecule has 5 heteroatoms. The van der Waals surface area contributed by atoms with E-state index in [0.717, 1.165) is 45.4 Å². The topological polar surface area (TPSA) is 61.8 Å². The first kappa shape index (κ1) is 13.8. The second kappa shape index (κ2) is 6.50. The van der Waals surface area contributed by atoms with Crippen LogP contribution in [0.15, 0.2) is 0 Å². The summed E-state index contributed by atoms with van der Waals surface area (Å²) in [5, 5.41) is 12.3. The maximum absolute atomic E-state index is 11.1. The lowest BCUT2D eigenvalue weighted by Gasteiger charge is -2.22. The van der Waals surface area contributed by atoms with E-state index in [1.165, 1.54) is 0 Å². The van der Waals surface area contributed by atoms with E-state index >= 15 is 0 Å². The van der Waals surface area contributed by atoms with Crippen molar-refractivity contribution in [3.8, 4) is 0 Å². The maximum Gasteiger partial charge on any atom is 0.320 e. The van der Waals surface area contributed by atoms with Crippen molar-refractivity contribution in [3.63, 3.8) is 0 Å². The van der Waals surface area contributed by atoms with Crippen LogP contribution in [0.25, 0.3) is 0 Å². The molecule has 0 spiro atoms. The lowest BCUT2D eigenvalue weighted by atomic mass is 10.2. The van der Waals surface area contributed by atoms with Crippen LogP contribution in [0.5, 0.6) is 0 Å². The third kappa shape index (κ3) is 4.55. The molecule has 1 saturated carbocycles. The molecular formula is C13H24N2O3. The molecule has 2 N–H and O–H groups in total. The first-order chi connectivity index (χ1) is 8.65. The molecule has 2 atom stereocenters. The van der Waals surface area contributed by atoms with Gasteiger partial charge >= 0.3 is 5.97 Å². The van der Waals surface area contributed by atoms with Crippen LogP contribution in [-0.4, -0.2) is 60.9 Å². The number of likely N-dealkylation sites (N-methyl/N-ethyl adjacent to an activating group) is 1. The molecule has 0 amide bonds. The molecule has 0 bridgehead atoms. The van der Waals surface area contributed by atoms with Gasteiger partial charge in [0.2, 0.25) is 0 Å². The molecule has 1 heterocycles. The molecule has 0 aromatic rings. The summed E-state index contributed by atoms with van der Waals surface area (Å²) in [7, 11) is 2.04. The highest BCUT2D eigenvalue weighted by Gasteiger charge is 2.28. The molecule has 1 aliphatic heterocycles. The number of nitrogens with one attached hydrogen (secondary N) is 1. The highest BCUT2D eigenvalue weighted by molar-refractivity contribution is 5.73. The maximum atomic E-state index is 11.1. The standard InChI is InChI=1S/C13H24N2O3/c1-15(9-11-3-2-8-18-11)7-6-12(13(16)17)14-10-4-5-10/h10-12,14H,2-9H2,1H3,(H,16,17). The number of hydrogen-bond donors (Lipinski definition) is 2. The van der Waals surface area contributed by atoms with Gasteiger partial charge in [-0.1, -0.05) is 0 Å². The van der Waals surface area contributed by atoms with Crippen molar-refractivity contribution >= 4 is 5.97 Å². The van der Waals surface area contributed by atoms with Gasteiger partial charge in [0, 0.05) is 19.2 Å². The molecule has 0 aromatic heterocycles. The zero-order chi connectivity index (χ0) is 13.0. The average Bonchev–Trinajstić information content (AvgIpc) is 3.00. The van der Waals surface area contributed by atoms with E-state index in [2.05, 4.69) is 10.2 Å². The van der Waals surface area contributed by atoms with E-state index in [4.69, 9.17) is 9.84 Å². The quantitative estimate of drug-likeness (QED) is 0.669. The Hall–Kier alpha value is -0.650. The van der Waals surface area contributed by atoms with Crippen molar-refractivity contribution in [2.24, 2.45) is 0 Å². The van der Waals surface area contributed by atoms with Gasteiger partial charge in [-0.25, -0.2) is 0 Å². The number of aliphatic carboxylic acids is 1. The Morgan fingerprint density at radius 3 is 2.83 bits per heavy atom. The van der Waals surface area contributed by atoms with Crippen LogP contribution in [0.1, 0.15) is 32.1 Å². The number of carboxylic acids is 1. The Kier molecular flexibility index (Phi) is 4.97. The predicted molar refractivity (Wildman–Crippen MR) is 68.7 cm³/mol. The number of carboxylic acid groups (broad SMARTS) is 1. The Labute approximate surface area is 108 Å². The highest BCUT2D eigenvalue weighted by atomic mass is 16.5. The van der Waals surface area contributed by atoms with Crippen molar-refractivity contribution in [3.05, 3.63) is 0 Å². The Balaban J connectivity index is 1.65. The Bertz CT molecular complexity index is 275. The molecule has 0 radical (unpaired) electrons. The number of rotatable bonds is 8. The molecule has 2 rings (SSSR count). The van der Waals surface area contributed by atoms with E-state index < -0.39 is 12.0 Å². The van der Waals surface area contributed by atoms with Crippen LogP contribution >= 0.6 is 0 Å². The summed E-state index contributed by atoms with van der Waals surface area (Å²) in [6.07, 6.45) is 5.53. The molecule has 1 saturated heterocycles. The predicted octanol–water partition coefficient (Wildman–Crippen LogP) is 0.693. The molecule has 1 aliphatic carbocycles. The van der Waals surface area contributed by atoms with E-state index in [1.807, 2.05) is 7.05 Å². The number of ether oxygens (including phenoxy) is 1. The lowest BCUT2D eigenvalue weighted by molar-refractivity contribution is -0.139. The number of carbonyl (C=O) groups is 1. The molecule has 18 heavy (non-hydrogen) atoms. The van der Waals surface area contributed by atoms with Crippen molar-refractivity contribution in [1.29, 1.82) is 0 Å². The Morgan fingerprint density at radius 1 is 1.50 bits per heavy atom. The summed E-state index contributed by atoms with van der Waals surface area (Å²) in [6, 6.07) is 0.0408. The van der Waals surface area contributed by atoms with Crippen molar-refractivity contribution in [2.75, 3.05) is 26.7 Å². The van der Waals surface area contributed by atoms with Crippen LogP contribution in [0.4, 0.5) is 0 Å². The van der Waals surface area contributed by atoms with Gasteiger partial charge in [-0.3, -0.25) is 4.79 Å². The van der Waals surface area contributed by atoms with Gasteiger partial charge in [0.15, 0.2) is 0 Å². The van der Waals surface area contributed by atoms with Gasteiger partial charge in [-0.15, -0.1) is 0 Å². The van der Waals surface area contributed by atoms with Crippen LogP contribution in [0.3, 0.4) is 0 Å². The molecule has 5 nitrogen and oxygen atoms in total. The van der Waals surface area contributed by atoms with E-state index in [-0.39, 0.29) is 0 Å². The molecular weight excluding hydrogens is 232 g/mol. The summed E-state index contributed by atoms with van der Waals surface area (Å²) < 4.78 is 5.58. The summed E-state index contributed by atoms with van der Waals surface area (Å²) >= 11 is 0. The summed E-state index contributed by atoms with van der Waals surface area (Å²) in [5.41, 5.74) is 0. The first-order valence-electron chi connectivity index (χ1n) is 6.94. The Morgan fingerprint density at radius 2 is 2.28 bits per heavy atom. The molecule has 2 aliphatic rings. The van der Waals surface area contributed by atoms with Gasteiger partial charge in [0.1, 0.15) is 6.04 Å². The van der Waals surface area contributed by atoms with Crippen LogP contribution in [0, 0.1) is 0 Å². The van der Waals surface area contributed by atoms with Crippen LogP contribution in [0.2, 0.25) is 0 Å². The molecule has 0 aromatic carbocycles. The smallest absolute Gasteiger partial charge is 0.320 e. The van der Waals surface area contributed by atoms with Crippen LogP contribution < -0.4 is 5.32 Å². The minimum absolute atomic E-state index is 0.342. The summed E-state index contributed by atoms with van der Waals surface area (Å²) in [4.78, 5) is 13.3. The van der Waals surface area contributed by atoms with Gasteiger partial charge in [0.25, 0.3) is 0 Å². The summed E-state index contributed by atoms with van der Waals surface area (Å²) in [5.74, 6) is -0.729. The summed E-state index contributed by atoms with van der Waals surface area (Å²) in [6.45, 7) is 2.59.